The maximum absolute atomic E-state index is 6.31. The maximum atomic E-state index is 6.31. The zero-order valence-corrected chi connectivity index (χ0v) is 13.5. The molecule has 0 spiro atoms. The van der Waals surface area contributed by atoms with Gasteiger partial charge in [0.05, 0.1) is 6.04 Å². The van der Waals surface area contributed by atoms with Crippen LogP contribution in [0.2, 0.25) is 10.0 Å². The standard InChI is InChI=1S/C17H19Cl2N/c1-4-17(15-6-5-13(18)10-16(15)19)20-14-8-11(2)7-12(3)9-14/h5-10,17,20H,4H2,1-3H3. The smallest absolute Gasteiger partial charge is 0.0525 e. The predicted molar refractivity (Wildman–Crippen MR) is 89.0 cm³/mol. The van der Waals surface area contributed by atoms with Crippen molar-refractivity contribution < 1.29 is 0 Å². The van der Waals surface area contributed by atoms with Crippen molar-refractivity contribution in [3.05, 3.63) is 63.1 Å². The second-order valence-electron chi connectivity index (χ2n) is 5.15. The van der Waals surface area contributed by atoms with Gasteiger partial charge in [-0.15, -0.1) is 0 Å². The molecule has 20 heavy (non-hydrogen) atoms. The Kier molecular flexibility index (Phi) is 4.95. The van der Waals surface area contributed by atoms with E-state index in [4.69, 9.17) is 23.2 Å². The Morgan fingerprint density at radius 3 is 2.20 bits per heavy atom. The quantitative estimate of drug-likeness (QED) is 0.711. The Hall–Kier alpha value is -1.18. The van der Waals surface area contributed by atoms with Crippen molar-refractivity contribution in [3.8, 4) is 0 Å². The molecule has 0 saturated carbocycles. The Labute approximate surface area is 130 Å². The van der Waals surface area contributed by atoms with Crippen molar-refractivity contribution in [1.82, 2.24) is 0 Å². The molecule has 1 unspecified atom stereocenters. The first kappa shape index (κ1) is 15.2. The lowest BCUT2D eigenvalue weighted by atomic mass is 10.0. The van der Waals surface area contributed by atoms with Gasteiger partial charge in [-0.1, -0.05) is 42.3 Å². The van der Waals surface area contributed by atoms with Gasteiger partial charge in [0, 0.05) is 15.7 Å². The molecule has 0 aliphatic heterocycles. The van der Waals surface area contributed by atoms with Gasteiger partial charge >= 0.3 is 0 Å². The number of halogens is 2. The van der Waals surface area contributed by atoms with Gasteiger partial charge in [-0.25, -0.2) is 0 Å². The molecule has 0 fully saturated rings. The van der Waals surface area contributed by atoms with Crippen LogP contribution in [0, 0.1) is 13.8 Å². The van der Waals surface area contributed by atoms with Gasteiger partial charge in [0.25, 0.3) is 0 Å². The number of hydrogen-bond acceptors (Lipinski definition) is 1. The fraction of sp³-hybridized carbons (Fsp3) is 0.294. The molecule has 0 heterocycles. The lowest BCUT2D eigenvalue weighted by Crippen LogP contribution is -2.10. The van der Waals surface area contributed by atoms with Gasteiger partial charge < -0.3 is 5.32 Å². The van der Waals surface area contributed by atoms with Crippen LogP contribution in [0.4, 0.5) is 5.69 Å². The summed E-state index contributed by atoms with van der Waals surface area (Å²) in [6.07, 6.45) is 0.953. The summed E-state index contributed by atoms with van der Waals surface area (Å²) in [6, 6.07) is 12.3. The number of rotatable bonds is 4. The summed E-state index contributed by atoms with van der Waals surface area (Å²) in [7, 11) is 0. The molecule has 0 aromatic heterocycles. The van der Waals surface area contributed by atoms with Crippen LogP contribution in [0.3, 0.4) is 0 Å². The number of nitrogens with one attached hydrogen (secondary N) is 1. The first-order valence-corrected chi connectivity index (χ1v) is 7.55. The molecule has 1 atom stereocenters. The highest BCUT2D eigenvalue weighted by Crippen LogP contribution is 2.31. The van der Waals surface area contributed by atoms with Gasteiger partial charge in [-0.2, -0.15) is 0 Å². The molecule has 0 amide bonds. The molecule has 106 valence electrons. The minimum atomic E-state index is 0.181. The van der Waals surface area contributed by atoms with Crippen LogP contribution in [-0.2, 0) is 0 Å². The summed E-state index contributed by atoms with van der Waals surface area (Å²) in [4.78, 5) is 0. The predicted octanol–water partition coefficient (Wildman–Crippen LogP) is 6.17. The van der Waals surface area contributed by atoms with E-state index in [1.165, 1.54) is 11.1 Å². The van der Waals surface area contributed by atoms with Gasteiger partial charge in [0.15, 0.2) is 0 Å². The molecular weight excluding hydrogens is 289 g/mol. The summed E-state index contributed by atoms with van der Waals surface area (Å²) in [6.45, 7) is 6.36. The molecule has 0 aliphatic rings. The van der Waals surface area contributed by atoms with Crippen LogP contribution in [0.15, 0.2) is 36.4 Å². The molecule has 0 radical (unpaired) electrons. The molecule has 3 heteroatoms. The third-order valence-electron chi connectivity index (χ3n) is 3.31. The van der Waals surface area contributed by atoms with Crippen molar-refractivity contribution >= 4 is 28.9 Å². The summed E-state index contributed by atoms with van der Waals surface area (Å²) in [5.41, 5.74) is 4.72. The first-order chi connectivity index (χ1) is 9.49. The van der Waals surface area contributed by atoms with E-state index in [1.54, 1.807) is 6.07 Å². The first-order valence-electron chi connectivity index (χ1n) is 6.79. The Morgan fingerprint density at radius 1 is 1.00 bits per heavy atom. The average molecular weight is 308 g/mol. The normalized spacial score (nSPS) is 12.2. The third kappa shape index (κ3) is 3.68. The number of anilines is 1. The highest BCUT2D eigenvalue weighted by molar-refractivity contribution is 6.35. The molecule has 2 aromatic carbocycles. The number of benzene rings is 2. The minimum Gasteiger partial charge on any atom is -0.378 e. The lowest BCUT2D eigenvalue weighted by Gasteiger charge is -2.21. The average Bonchev–Trinajstić information content (AvgIpc) is 2.35. The molecular formula is C17H19Cl2N. The molecule has 0 aliphatic carbocycles. The van der Waals surface area contributed by atoms with E-state index >= 15 is 0 Å². The van der Waals surface area contributed by atoms with Gasteiger partial charge in [0.2, 0.25) is 0 Å². The van der Waals surface area contributed by atoms with E-state index in [0.29, 0.717) is 10.0 Å². The molecule has 2 aromatic rings. The van der Waals surface area contributed by atoms with E-state index in [9.17, 15) is 0 Å². The van der Waals surface area contributed by atoms with E-state index in [2.05, 4.69) is 44.3 Å². The second-order valence-corrected chi connectivity index (χ2v) is 5.99. The third-order valence-corrected chi connectivity index (χ3v) is 3.87. The van der Waals surface area contributed by atoms with Crippen molar-refractivity contribution in [3.63, 3.8) is 0 Å². The molecule has 0 bridgehead atoms. The van der Waals surface area contributed by atoms with Crippen molar-refractivity contribution in [1.29, 1.82) is 0 Å². The van der Waals surface area contributed by atoms with Crippen LogP contribution in [0.1, 0.15) is 36.1 Å². The molecule has 1 nitrogen and oxygen atoms in total. The van der Waals surface area contributed by atoms with Crippen LogP contribution >= 0.6 is 23.2 Å². The fourth-order valence-corrected chi connectivity index (χ4v) is 2.98. The van der Waals surface area contributed by atoms with Crippen LogP contribution < -0.4 is 5.32 Å². The van der Waals surface area contributed by atoms with Crippen LogP contribution in [-0.4, -0.2) is 0 Å². The van der Waals surface area contributed by atoms with Crippen molar-refractivity contribution in [2.24, 2.45) is 0 Å². The molecule has 2 rings (SSSR count). The van der Waals surface area contributed by atoms with E-state index < -0.39 is 0 Å². The zero-order valence-electron chi connectivity index (χ0n) is 12.0. The van der Waals surface area contributed by atoms with E-state index in [0.717, 1.165) is 17.7 Å². The SMILES string of the molecule is CCC(Nc1cc(C)cc(C)c1)c1ccc(Cl)cc1Cl. The monoisotopic (exact) mass is 307 g/mol. The van der Waals surface area contributed by atoms with E-state index in [1.807, 2.05) is 12.1 Å². The summed E-state index contributed by atoms with van der Waals surface area (Å²) in [5, 5.41) is 4.94. The van der Waals surface area contributed by atoms with Crippen LogP contribution in [0.5, 0.6) is 0 Å². The summed E-state index contributed by atoms with van der Waals surface area (Å²) in [5.74, 6) is 0. The summed E-state index contributed by atoms with van der Waals surface area (Å²) < 4.78 is 0. The maximum Gasteiger partial charge on any atom is 0.0525 e. The largest absolute Gasteiger partial charge is 0.378 e. The van der Waals surface area contributed by atoms with Gasteiger partial charge in [0.1, 0.15) is 0 Å². The molecule has 0 saturated heterocycles. The highest BCUT2D eigenvalue weighted by atomic mass is 35.5. The van der Waals surface area contributed by atoms with Crippen molar-refractivity contribution in [2.45, 2.75) is 33.2 Å². The van der Waals surface area contributed by atoms with Gasteiger partial charge in [-0.3, -0.25) is 0 Å². The Balaban J connectivity index is 2.28. The van der Waals surface area contributed by atoms with E-state index in [-0.39, 0.29) is 6.04 Å². The number of hydrogen-bond donors (Lipinski definition) is 1. The number of aryl methyl sites for hydroxylation is 2. The highest BCUT2D eigenvalue weighted by Gasteiger charge is 2.13. The molecule has 1 N–H and O–H groups in total. The van der Waals surface area contributed by atoms with Gasteiger partial charge in [-0.05, 0) is 61.2 Å². The summed E-state index contributed by atoms with van der Waals surface area (Å²) >= 11 is 12.3. The minimum absolute atomic E-state index is 0.181. The fourth-order valence-electron chi connectivity index (χ4n) is 2.44. The second kappa shape index (κ2) is 6.51. The Morgan fingerprint density at radius 2 is 1.65 bits per heavy atom. The van der Waals surface area contributed by atoms with Crippen LogP contribution in [0.25, 0.3) is 0 Å². The Bertz CT molecular complexity index is 588. The topological polar surface area (TPSA) is 12.0 Å². The lowest BCUT2D eigenvalue weighted by molar-refractivity contribution is 0.749. The van der Waals surface area contributed by atoms with Crippen molar-refractivity contribution in [2.75, 3.05) is 5.32 Å². The zero-order chi connectivity index (χ0) is 14.7.